The predicted octanol–water partition coefficient (Wildman–Crippen LogP) is -0.312. The molecule has 18 heavy (non-hydrogen) atoms. The Morgan fingerprint density at radius 2 is 2.39 bits per heavy atom. The van der Waals surface area contributed by atoms with Crippen molar-refractivity contribution in [1.29, 1.82) is 0 Å². The van der Waals surface area contributed by atoms with Crippen molar-refractivity contribution in [2.75, 3.05) is 5.75 Å². The number of nitrogens with zero attached hydrogens (tertiary/aromatic N) is 4. The van der Waals surface area contributed by atoms with Crippen LogP contribution in [0.15, 0.2) is 5.16 Å². The van der Waals surface area contributed by atoms with E-state index >= 15 is 0 Å². The van der Waals surface area contributed by atoms with E-state index in [-0.39, 0.29) is 5.91 Å². The summed E-state index contributed by atoms with van der Waals surface area (Å²) in [5.41, 5.74) is 4.84. The standard InChI is InChI=1S/C10H18N6OS/c1-10(8(11)17,12-7-3-4-7)5-6-18-9-13-14-15-16(9)2/h7,12H,3-6H2,1-2H3,(H2,11,17). The van der Waals surface area contributed by atoms with E-state index < -0.39 is 5.54 Å². The van der Waals surface area contributed by atoms with Crippen LogP contribution >= 0.6 is 11.8 Å². The van der Waals surface area contributed by atoms with Crippen molar-refractivity contribution >= 4 is 17.7 Å². The molecule has 0 spiro atoms. The van der Waals surface area contributed by atoms with Crippen LogP contribution < -0.4 is 11.1 Å². The van der Waals surface area contributed by atoms with Crippen LogP contribution in [-0.4, -0.2) is 43.4 Å². The molecule has 3 N–H and O–H groups in total. The van der Waals surface area contributed by atoms with Crippen LogP contribution in [0.1, 0.15) is 26.2 Å². The van der Waals surface area contributed by atoms with Crippen molar-refractivity contribution in [2.45, 2.75) is 42.9 Å². The summed E-state index contributed by atoms with van der Waals surface area (Å²) in [6.07, 6.45) is 2.92. The van der Waals surface area contributed by atoms with E-state index in [9.17, 15) is 4.79 Å². The fraction of sp³-hybridized carbons (Fsp3) is 0.800. The van der Waals surface area contributed by atoms with E-state index in [0.717, 1.165) is 23.8 Å². The van der Waals surface area contributed by atoms with E-state index in [1.54, 1.807) is 11.7 Å². The molecule has 0 bridgehead atoms. The van der Waals surface area contributed by atoms with Gasteiger partial charge in [-0.1, -0.05) is 11.8 Å². The van der Waals surface area contributed by atoms with Gasteiger partial charge in [-0.3, -0.25) is 4.79 Å². The lowest BCUT2D eigenvalue weighted by molar-refractivity contribution is -0.124. The van der Waals surface area contributed by atoms with Gasteiger partial charge in [-0.05, 0) is 36.6 Å². The van der Waals surface area contributed by atoms with E-state index in [4.69, 9.17) is 5.73 Å². The third-order valence-electron chi connectivity index (χ3n) is 3.06. The molecule has 1 aromatic heterocycles. The average molecular weight is 270 g/mol. The third-order valence-corrected chi connectivity index (χ3v) is 4.07. The van der Waals surface area contributed by atoms with Crippen molar-refractivity contribution in [3.05, 3.63) is 0 Å². The SMILES string of the molecule is Cn1nnnc1SCCC(C)(NC1CC1)C(N)=O. The largest absolute Gasteiger partial charge is 0.368 e. The number of carbonyl (C=O) groups is 1. The van der Waals surface area contributed by atoms with Gasteiger partial charge in [0.2, 0.25) is 11.1 Å². The van der Waals surface area contributed by atoms with Crippen molar-refractivity contribution in [3.63, 3.8) is 0 Å². The van der Waals surface area contributed by atoms with Crippen LogP contribution in [0.25, 0.3) is 0 Å². The number of amides is 1. The second kappa shape index (κ2) is 5.23. The molecule has 1 aromatic rings. The van der Waals surface area contributed by atoms with Gasteiger partial charge in [0.25, 0.3) is 0 Å². The van der Waals surface area contributed by atoms with Gasteiger partial charge in [-0.25, -0.2) is 4.68 Å². The van der Waals surface area contributed by atoms with Gasteiger partial charge in [0.05, 0.1) is 5.54 Å². The number of thioether (sulfide) groups is 1. The number of nitrogens with two attached hydrogens (primary N) is 1. The zero-order valence-electron chi connectivity index (χ0n) is 10.6. The lowest BCUT2D eigenvalue weighted by Crippen LogP contribution is -2.54. The monoisotopic (exact) mass is 270 g/mol. The van der Waals surface area contributed by atoms with Gasteiger partial charge in [-0.15, -0.1) is 5.10 Å². The molecule has 7 nitrogen and oxygen atoms in total. The first-order valence-electron chi connectivity index (χ1n) is 5.94. The smallest absolute Gasteiger partial charge is 0.237 e. The fourth-order valence-corrected chi connectivity index (χ4v) is 2.65. The molecule has 100 valence electrons. The van der Waals surface area contributed by atoms with Crippen molar-refractivity contribution in [1.82, 2.24) is 25.5 Å². The molecule has 1 aliphatic rings. The number of rotatable bonds is 7. The van der Waals surface area contributed by atoms with Gasteiger partial charge in [0.1, 0.15) is 0 Å². The van der Waals surface area contributed by atoms with Crippen LogP contribution in [0, 0.1) is 0 Å². The summed E-state index contributed by atoms with van der Waals surface area (Å²) in [5, 5.41) is 15.3. The Morgan fingerprint density at radius 3 is 2.89 bits per heavy atom. The summed E-state index contributed by atoms with van der Waals surface area (Å²) < 4.78 is 1.61. The molecular formula is C10H18N6OS. The van der Waals surface area contributed by atoms with E-state index in [2.05, 4.69) is 20.8 Å². The van der Waals surface area contributed by atoms with Crippen LogP contribution in [-0.2, 0) is 11.8 Å². The van der Waals surface area contributed by atoms with Crippen LogP contribution in [0.5, 0.6) is 0 Å². The van der Waals surface area contributed by atoms with Crippen LogP contribution in [0.4, 0.5) is 0 Å². The van der Waals surface area contributed by atoms with E-state index in [0.29, 0.717) is 12.5 Å². The van der Waals surface area contributed by atoms with Crippen molar-refractivity contribution in [3.8, 4) is 0 Å². The molecule has 1 unspecified atom stereocenters. The van der Waals surface area contributed by atoms with Gasteiger partial charge in [0.15, 0.2) is 0 Å². The Labute approximate surface area is 110 Å². The van der Waals surface area contributed by atoms with Crippen LogP contribution in [0.3, 0.4) is 0 Å². The molecule has 1 fully saturated rings. The first kappa shape index (κ1) is 13.3. The fourth-order valence-electron chi connectivity index (χ4n) is 1.63. The molecule has 2 rings (SSSR count). The van der Waals surface area contributed by atoms with Crippen molar-refractivity contribution in [2.24, 2.45) is 12.8 Å². The Kier molecular flexibility index (Phi) is 3.86. The highest BCUT2D eigenvalue weighted by Crippen LogP contribution is 2.25. The average Bonchev–Trinajstić information content (AvgIpc) is 3.02. The number of nitrogens with one attached hydrogen (secondary N) is 1. The zero-order chi connectivity index (χ0) is 13.2. The first-order valence-corrected chi connectivity index (χ1v) is 6.92. The molecule has 0 radical (unpaired) electrons. The predicted molar refractivity (Wildman–Crippen MR) is 67.9 cm³/mol. The van der Waals surface area contributed by atoms with E-state index in [1.165, 1.54) is 11.8 Å². The topological polar surface area (TPSA) is 98.7 Å². The molecule has 1 heterocycles. The quantitative estimate of drug-likeness (QED) is 0.659. The lowest BCUT2D eigenvalue weighted by atomic mass is 9.98. The number of aryl methyl sites for hydroxylation is 1. The second-order valence-electron chi connectivity index (χ2n) is 4.80. The highest BCUT2D eigenvalue weighted by Gasteiger charge is 2.36. The first-order chi connectivity index (χ1) is 8.51. The Morgan fingerprint density at radius 1 is 1.67 bits per heavy atom. The van der Waals surface area contributed by atoms with Gasteiger partial charge >= 0.3 is 0 Å². The summed E-state index contributed by atoms with van der Waals surface area (Å²) in [5.74, 6) is 0.444. The number of tetrazole rings is 1. The summed E-state index contributed by atoms with van der Waals surface area (Å²) in [7, 11) is 1.79. The van der Waals surface area contributed by atoms with Gasteiger partial charge < -0.3 is 11.1 Å². The number of aromatic nitrogens is 4. The Bertz CT molecular complexity index is 432. The molecule has 1 aliphatic carbocycles. The molecule has 1 atom stereocenters. The minimum absolute atomic E-state index is 0.300. The summed E-state index contributed by atoms with van der Waals surface area (Å²) in [4.78, 5) is 11.5. The third kappa shape index (κ3) is 3.20. The van der Waals surface area contributed by atoms with E-state index in [1.807, 2.05) is 6.92 Å². The number of hydrogen-bond acceptors (Lipinski definition) is 6. The lowest BCUT2D eigenvalue weighted by Gasteiger charge is -2.27. The zero-order valence-corrected chi connectivity index (χ0v) is 11.4. The molecular weight excluding hydrogens is 252 g/mol. The minimum Gasteiger partial charge on any atom is -0.368 e. The van der Waals surface area contributed by atoms with Crippen molar-refractivity contribution < 1.29 is 4.79 Å². The molecule has 1 amide bonds. The molecule has 1 saturated carbocycles. The maximum absolute atomic E-state index is 11.5. The maximum Gasteiger partial charge on any atom is 0.237 e. The van der Waals surface area contributed by atoms with Gasteiger partial charge in [-0.2, -0.15) is 0 Å². The normalized spacial score (nSPS) is 18.6. The highest BCUT2D eigenvalue weighted by molar-refractivity contribution is 7.99. The number of primary amides is 1. The summed E-state index contributed by atoms with van der Waals surface area (Å²) in [6, 6.07) is 0.448. The summed E-state index contributed by atoms with van der Waals surface area (Å²) >= 11 is 1.52. The maximum atomic E-state index is 11.5. The van der Waals surface area contributed by atoms with Crippen LogP contribution in [0.2, 0.25) is 0 Å². The number of hydrogen-bond donors (Lipinski definition) is 2. The molecule has 0 aliphatic heterocycles. The molecule has 0 aromatic carbocycles. The molecule has 8 heteroatoms. The van der Waals surface area contributed by atoms with Gasteiger partial charge in [0, 0.05) is 18.8 Å². The summed E-state index contributed by atoms with van der Waals surface area (Å²) in [6.45, 7) is 1.86. The number of carbonyl (C=O) groups excluding carboxylic acids is 1. The highest BCUT2D eigenvalue weighted by atomic mass is 32.2. The minimum atomic E-state index is -0.639. The Balaban J connectivity index is 1.85. The Hall–Kier alpha value is -1.15. The molecule has 0 saturated heterocycles. The second-order valence-corrected chi connectivity index (χ2v) is 5.86.